The second-order valence-electron chi connectivity index (χ2n) is 8.34. The van der Waals surface area contributed by atoms with Crippen LogP contribution in [0.1, 0.15) is 29.5 Å². The number of aliphatic hydroxyl groups is 2. The second kappa shape index (κ2) is 12.6. The number of rotatable bonds is 13. The third kappa shape index (κ3) is 8.09. The van der Waals surface area contributed by atoms with Crippen molar-refractivity contribution in [3.05, 3.63) is 53.1 Å². The number of esters is 2. The van der Waals surface area contributed by atoms with E-state index in [1.54, 1.807) is 0 Å². The Morgan fingerprint density at radius 3 is 1.61 bits per heavy atom. The molecule has 0 aliphatic heterocycles. The molecule has 0 saturated carbocycles. The summed E-state index contributed by atoms with van der Waals surface area (Å²) in [6, 6.07) is 6.22. The number of hydrogen-bond donors (Lipinski definition) is 2. The summed E-state index contributed by atoms with van der Waals surface area (Å²) in [4.78, 5) is 23.4. The van der Waals surface area contributed by atoms with Crippen LogP contribution in [0.25, 0.3) is 0 Å². The number of carbonyl (C=O) groups excluding carboxylic acids is 2. The van der Waals surface area contributed by atoms with Crippen LogP contribution in [0.4, 0.5) is 0 Å². The minimum Gasteiger partial charge on any atom is -0.462 e. The van der Waals surface area contributed by atoms with Crippen LogP contribution in [0.2, 0.25) is 18.6 Å². The van der Waals surface area contributed by atoms with E-state index in [9.17, 15) is 9.59 Å². The molecular weight excluding hydrogens is 412 g/mol. The van der Waals surface area contributed by atoms with E-state index in [4.69, 9.17) is 19.7 Å². The summed E-state index contributed by atoms with van der Waals surface area (Å²) < 4.78 is 10.4. The molecule has 1 rings (SSSR count). The first kappa shape index (κ1) is 26.8. The zero-order valence-corrected chi connectivity index (χ0v) is 20.3. The van der Waals surface area contributed by atoms with E-state index in [1.807, 2.05) is 0 Å². The van der Waals surface area contributed by atoms with E-state index in [1.165, 1.54) is 21.9 Å². The lowest BCUT2D eigenvalue weighted by Gasteiger charge is -2.32. The summed E-state index contributed by atoms with van der Waals surface area (Å²) >= 11 is 0. The van der Waals surface area contributed by atoms with Gasteiger partial charge < -0.3 is 19.7 Å². The zero-order chi connectivity index (χ0) is 23.6. The molecule has 2 N–H and O–H groups in total. The van der Waals surface area contributed by atoms with Crippen LogP contribution >= 0.6 is 0 Å². The molecule has 0 bridgehead atoms. The average molecular weight is 449 g/mol. The topological polar surface area (TPSA) is 93.1 Å². The summed E-state index contributed by atoms with van der Waals surface area (Å²) in [6.07, 6.45) is 1.42. The molecular formula is C24H36O6Si. The predicted molar refractivity (Wildman–Crippen MR) is 125 cm³/mol. The smallest absolute Gasteiger partial charge is 0.335 e. The Kier molecular flexibility index (Phi) is 10.9. The lowest BCUT2D eigenvalue weighted by Crippen LogP contribution is -2.47. The molecule has 7 heteroatoms. The Morgan fingerprint density at radius 1 is 0.871 bits per heavy atom. The molecule has 0 fully saturated rings. The van der Waals surface area contributed by atoms with Gasteiger partial charge in [0.2, 0.25) is 0 Å². The van der Waals surface area contributed by atoms with Gasteiger partial charge in [-0.1, -0.05) is 65.8 Å². The van der Waals surface area contributed by atoms with Crippen molar-refractivity contribution < 1.29 is 29.3 Å². The normalized spacial score (nSPS) is 11.2. The van der Waals surface area contributed by atoms with Crippen LogP contribution in [0.3, 0.4) is 0 Å². The number of aliphatic hydroxyl groups excluding tert-OH is 2. The molecule has 0 aliphatic carbocycles. The first-order chi connectivity index (χ1) is 14.6. The van der Waals surface area contributed by atoms with Gasteiger partial charge in [0.25, 0.3) is 0 Å². The van der Waals surface area contributed by atoms with Crippen LogP contribution in [-0.4, -0.2) is 56.7 Å². The van der Waals surface area contributed by atoms with Crippen LogP contribution < -0.4 is 5.19 Å². The quantitative estimate of drug-likeness (QED) is 0.209. The van der Waals surface area contributed by atoms with E-state index in [2.05, 4.69) is 52.6 Å². The number of aryl methyl sites for hydroxylation is 3. The Balaban J connectivity index is 2.87. The maximum absolute atomic E-state index is 11.7. The van der Waals surface area contributed by atoms with Gasteiger partial charge in [0, 0.05) is 0 Å². The van der Waals surface area contributed by atoms with Crippen molar-refractivity contribution in [1.82, 2.24) is 0 Å². The predicted octanol–water partition coefficient (Wildman–Crippen LogP) is 2.86. The molecule has 0 atom stereocenters. The largest absolute Gasteiger partial charge is 0.462 e. The number of carbonyl (C=O) groups is 2. The van der Waals surface area contributed by atoms with Crippen molar-refractivity contribution in [3.8, 4) is 0 Å². The fraction of sp³-hybridized carbons (Fsp3) is 0.500. The average Bonchev–Trinajstić information content (AvgIpc) is 2.71. The van der Waals surface area contributed by atoms with E-state index in [0.29, 0.717) is 12.8 Å². The highest BCUT2D eigenvalue weighted by Gasteiger charge is 2.32. The van der Waals surface area contributed by atoms with Gasteiger partial charge in [0.05, 0.1) is 45.6 Å². The Morgan fingerprint density at radius 2 is 1.26 bits per heavy atom. The highest BCUT2D eigenvalue weighted by atomic mass is 28.3. The van der Waals surface area contributed by atoms with Crippen LogP contribution in [0.15, 0.2) is 36.4 Å². The van der Waals surface area contributed by atoms with E-state index >= 15 is 0 Å². The molecule has 1 aromatic carbocycles. The maximum atomic E-state index is 11.7. The Bertz CT molecular complexity index is 755. The van der Waals surface area contributed by atoms with Crippen molar-refractivity contribution in [2.24, 2.45) is 0 Å². The Hall–Kier alpha value is -2.22. The molecule has 0 radical (unpaired) electrons. The molecule has 1 aromatic rings. The van der Waals surface area contributed by atoms with Crippen molar-refractivity contribution in [2.75, 3.05) is 26.4 Å². The van der Waals surface area contributed by atoms with Gasteiger partial charge in [-0.25, -0.2) is 9.59 Å². The van der Waals surface area contributed by atoms with Crippen LogP contribution in [0, 0.1) is 20.8 Å². The molecule has 0 saturated heterocycles. The number of hydrogen-bond acceptors (Lipinski definition) is 6. The molecule has 0 unspecified atom stereocenters. The SMILES string of the molecule is C=C(CO)C(=O)OCCC[Si](C)(CCCOC(=O)C(=C)CO)c1c(C)cc(C)cc1C. The molecule has 31 heavy (non-hydrogen) atoms. The summed E-state index contributed by atoms with van der Waals surface area (Å²) in [7, 11) is -1.98. The second-order valence-corrected chi connectivity index (χ2v) is 13.0. The highest BCUT2D eigenvalue weighted by Crippen LogP contribution is 2.24. The third-order valence-electron chi connectivity index (χ3n) is 5.45. The van der Waals surface area contributed by atoms with Crippen molar-refractivity contribution in [2.45, 2.75) is 52.2 Å². The van der Waals surface area contributed by atoms with Gasteiger partial charge >= 0.3 is 11.9 Å². The summed E-state index contributed by atoms with van der Waals surface area (Å²) in [5, 5.41) is 19.4. The lowest BCUT2D eigenvalue weighted by atomic mass is 10.1. The van der Waals surface area contributed by atoms with Gasteiger partial charge in [-0.2, -0.15) is 0 Å². The van der Waals surface area contributed by atoms with Crippen molar-refractivity contribution in [1.29, 1.82) is 0 Å². The van der Waals surface area contributed by atoms with Gasteiger partial charge in [-0.3, -0.25) is 0 Å². The zero-order valence-electron chi connectivity index (χ0n) is 19.3. The lowest BCUT2D eigenvalue weighted by molar-refractivity contribution is -0.140. The van der Waals surface area contributed by atoms with Crippen molar-refractivity contribution in [3.63, 3.8) is 0 Å². The van der Waals surface area contributed by atoms with Gasteiger partial charge in [0.1, 0.15) is 0 Å². The molecule has 0 aromatic heterocycles. The molecule has 0 heterocycles. The summed E-state index contributed by atoms with van der Waals surface area (Å²) in [5.74, 6) is -1.13. The van der Waals surface area contributed by atoms with Gasteiger partial charge in [-0.15, -0.1) is 0 Å². The number of ether oxygens (including phenoxy) is 2. The molecule has 6 nitrogen and oxygen atoms in total. The fourth-order valence-corrected chi connectivity index (χ4v) is 8.74. The van der Waals surface area contributed by atoms with E-state index in [0.717, 1.165) is 12.1 Å². The minimum atomic E-state index is -1.98. The molecule has 0 spiro atoms. The first-order valence-corrected chi connectivity index (χ1v) is 13.5. The first-order valence-electron chi connectivity index (χ1n) is 10.6. The summed E-state index contributed by atoms with van der Waals surface area (Å²) in [5.41, 5.74) is 3.86. The molecule has 172 valence electrons. The highest BCUT2D eigenvalue weighted by molar-refractivity contribution is 6.91. The standard InChI is InChI=1S/C24H36O6Si/c1-17-13-18(2)22(19(3)14-17)31(6,11-7-9-29-23(27)20(4)15-25)12-8-10-30-24(28)21(5)16-26/h13-14,25-26H,4-5,7-12,15-16H2,1-3,6H3. The summed E-state index contributed by atoms with van der Waals surface area (Å²) in [6.45, 7) is 15.4. The monoisotopic (exact) mass is 448 g/mol. The Labute approximate surface area is 186 Å². The van der Waals surface area contributed by atoms with E-state index in [-0.39, 0.29) is 24.4 Å². The van der Waals surface area contributed by atoms with Crippen molar-refractivity contribution >= 4 is 25.2 Å². The third-order valence-corrected chi connectivity index (χ3v) is 10.4. The van der Waals surface area contributed by atoms with Gasteiger partial charge in [-0.05, 0) is 33.6 Å². The fourth-order valence-electron chi connectivity index (χ4n) is 4.09. The molecule has 0 amide bonds. The molecule has 0 aliphatic rings. The minimum absolute atomic E-state index is 0.0523. The maximum Gasteiger partial charge on any atom is 0.335 e. The van der Waals surface area contributed by atoms with Gasteiger partial charge in [0.15, 0.2) is 0 Å². The van der Waals surface area contributed by atoms with Crippen LogP contribution in [-0.2, 0) is 19.1 Å². The van der Waals surface area contributed by atoms with E-state index < -0.39 is 33.2 Å². The van der Waals surface area contributed by atoms with Crippen LogP contribution in [0.5, 0.6) is 0 Å². The number of benzene rings is 1.